The van der Waals surface area contributed by atoms with Gasteiger partial charge in [-0.25, -0.2) is 0 Å². The topological polar surface area (TPSA) is 201 Å². The molecule has 0 spiro atoms. The number of ether oxygens (including phenoxy) is 3. The maximum atomic E-state index is 14.0. The molecule has 12 heteroatoms. The fourth-order valence-electron chi connectivity index (χ4n) is 5.55. The van der Waals surface area contributed by atoms with E-state index in [2.05, 4.69) is 5.32 Å². The van der Waals surface area contributed by atoms with Gasteiger partial charge in [0.05, 0.1) is 31.0 Å². The first-order valence-electron chi connectivity index (χ1n) is 13.6. The number of aromatic hydroxyl groups is 1. The van der Waals surface area contributed by atoms with E-state index < -0.39 is 48.9 Å². The Hall–Kier alpha value is -3.78. The third-order valence-corrected chi connectivity index (χ3v) is 7.81. The Kier molecular flexibility index (Phi) is 8.37. The number of aliphatic hydroxyl groups excluding tert-OH is 4. The standard InChI is InChI=1S/C30H34N2O10/c1-3-15-18(40-2)10-19(41-30-29(39)28(38)26(36)20(12-33)42-30)24-23(15)25(35)16-8-14(9-17(34)22(16)27(24)37)5-4-13-6-7-21(31)32-11-13/h6-11,20-21,26,28-30,32-34,36,38-39H,3-5,12,31H2,1-2H3. The number of ketones is 2. The number of nitrogens with one attached hydrogen (secondary N) is 1. The minimum atomic E-state index is -1.76. The number of hydrogen-bond acceptors (Lipinski definition) is 12. The third kappa shape index (κ3) is 5.17. The molecular formula is C30H34N2O10. The van der Waals surface area contributed by atoms with Crippen LogP contribution >= 0.6 is 0 Å². The molecule has 8 N–H and O–H groups in total. The number of carbonyl (C=O) groups excluding carboxylic acids is 2. The van der Waals surface area contributed by atoms with Gasteiger partial charge in [-0.3, -0.25) is 9.59 Å². The van der Waals surface area contributed by atoms with Crippen molar-refractivity contribution in [2.75, 3.05) is 13.7 Å². The number of methoxy groups -OCH3 is 1. The van der Waals surface area contributed by atoms with Crippen molar-refractivity contribution in [1.29, 1.82) is 0 Å². The van der Waals surface area contributed by atoms with Crippen LogP contribution in [0.15, 0.2) is 42.1 Å². The van der Waals surface area contributed by atoms with Gasteiger partial charge in [0.15, 0.2) is 5.78 Å². The highest BCUT2D eigenvalue weighted by atomic mass is 16.7. The zero-order valence-electron chi connectivity index (χ0n) is 23.1. The average Bonchev–Trinajstić information content (AvgIpc) is 2.98. The summed E-state index contributed by atoms with van der Waals surface area (Å²) in [5.41, 5.74) is 7.59. The molecule has 6 atom stereocenters. The number of phenolic OH excluding ortho intramolecular Hbond substituents is 1. The summed E-state index contributed by atoms with van der Waals surface area (Å²) >= 11 is 0. The summed E-state index contributed by atoms with van der Waals surface area (Å²) < 4.78 is 16.8. The molecular weight excluding hydrogens is 548 g/mol. The van der Waals surface area contributed by atoms with Crippen molar-refractivity contribution in [2.24, 2.45) is 5.73 Å². The summed E-state index contributed by atoms with van der Waals surface area (Å²) in [5.74, 6) is -1.53. The first kappa shape index (κ1) is 29.7. The number of carbonyl (C=O) groups is 2. The zero-order chi connectivity index (χ0) is 30.3. The highest BCUT2D eigenvalue weighted by Gasteiger charge is 2.46. The molecule has 5 rings (SSSR count). The minimum Gasteiger partial charge on any atom is -0.507 e. The van der Waals surface area contributed by atoms with Gasteiger partial charge in [-0.1, -0.05) is 13.0 Å². The summed E-state index contributed by atoms with van der Waals surface area (Å²) in [6.45, 7) is 1.11. The fraction of sp³-hybridized carbons (Fsp3) is 0.400. The van der Waals surface area contributed by atoms with Gasteiger partial charge in [0.2, 0.25) is 12.1 Å². The SMILES string of the molecule is CCc1c(OC)cc(OC2OC(CO)C(O)C(O)C2O)c2c1C(=O)c1cc(CCC3=CNC(N)C=C3)cc(O)c1C2=O. The first-order chi connectivity index (χ1) is 20.1. The van der Waals surface area contributed by atoms with Gasteiger partial charge in [-0.15, -0.1) is 0 Å². The maximum Gasteiger partial charge on any atom is 0.229 e. The van der Waals surface area contributed by atoms with E-state index in [1.165, 1.54) is 19.2 Å². The van der Waals surface area contributed by atoms with Gasteiger partial charge < -0.3 is 50.8 Å². The van der Waals surface area contributed by atoms with E-state index in [4.69, 9.17) is 19.9 Å². The van der Waals surface area contributed by atoms with Crippen LogP contribution in [0.4, 0.5) is 0 Å². The quantitative estimate of drug-likeness (QED) is 0.190. The molecule has 2 aliphatic heterocycles. The van der Waals surface area contributed by atoms with Gasteiger partial charge in [-0.05, 0) is 48.6 Å². The van der Waals surface area contributed by atoms with Crippen molar-refractivity contribution < 1.29 is 49.3 Å². The van der Waals surface area contributed by atoms with Gasteiger partial charge in [0.25, 0.3) is 0 Å². The highest BCUT2D eigenvalue weighted by molar-refractivity contribution is 6.31. The number of allylic oxidation sites excluding steroid dienone is 2. The predicted molar refractivity (Wildman–Crippen MR) is 148 cm³/mol. The average molecular weight is 583 g/mol. The summed E-state index contributed by atoms with van der Waals surface area (Å²) in [7, 11) is 1.39. The van der Waals surface area contributed by atoms with Crippen LogP contribution in [-0.4, -0.2) is 87.7 Å². The van der Waals surface area contributed by atoms with Crippen molar-refractivity contribution in [1.82, 2.24) is 5.32 Å². The summed E-state index contributed by atoms with van der Waals surface area (Å²) in [4.78, 5) is 28.0. The van der Waals surface area contributed by atoms with Crippen LogP contribution in [0.2, 0.25) is 0 Å². The molecule has 1 fully saturated rings. The van der Waals surface area contributed by atoms with E-state index >= 15 is 0 Å². The van der Waals surface area contributed by atoms with Gasteiger partial charge in [-0.2, -0.15) is 0 Å². The van der Waals surface area contributed by atoms with Gasteiger partial charge >= 0.3 is 0 Å². The monoisotopic (exact) mass is 582 g/mol. The molecule has 1 aliphatic carbocycles. The van der Waals surface area contributed by atoms with Crippen LogP contribution in [0.25, 0.3) is 0 Å². The number of phenols is 1. The predicted octanol–water partition coefficient (Wildman–Crippen LogP) is 0.178. The number of rotatable bonds is 8. The molecule has 3 aliphatic rings. The third-order valence-electron chi connectivity index (χ3n) is 7.81. The van der Waals surface area contributed by atoms with Gasteiger partial charge in [0.1, 0.15) is 41.7 Å². The molecule has 0 radical (unpaired) electrons. The molecule has 12 nitrogen and oxygen atoms in total. The first-order valence-corrected chi connectivity index (χ1v) is 13.6. The van der Waals surface area contributed by atoms with Crippen LogP contribution in [0.3, 0.4) is 0 Å². The number of aryl methyl sites for hydroxylation is 1. The normalized spacial score (nSPS) is 26.7. The Morgan fingerprint density at radius 3 is 2.38 bits per heavy atom. The van der Waals surface area contributed by atoms with E-state index in [1.54, 1.807) is 13.0 Å². The molecule has 0 saturated carbocycles. The van der Waals surface area contributed by atoms with Crippen molar-refractivity contribution in [3.8, 4) is 17.2 Å². The van der Waals surface area contributed by atoms with Crippen molar-refractivity contribution in [2.45, 2.75) is 63.1 Å². The highest BCUT2D eigenvalue weighted by Crippen LogP contribution is 2.43. The second-order valence-electron chi connectivity index (χ2n) is 10.4. The molecule has 2 aromatic rings. The lowest BCUT2D eigenvalue weighted by Gasteiger charge is -2.40. The number of nitrogens with two attached hydrogens (primary N) is 1. The summed E-state index contributed by atoms with van der Waals surface area (Å²) in [6.07, 6.45) is -1.29. The molecule has 0 bridgehead atoms. The van der Waals surface area contributed by atoms with Crippen LogP contribution in [0.5, 0.6) is 17.2 Å². The lowest BCUT2D eigenvalue weighted by Crippen LogP contribution is -2.60. The van der Waals surface area contributed by atoms with Crippen molar-refractivity contribution in [3.05, 3.63) is 75.5 Å². The Balaban J connectivity index is 1.55. The molecule has 2 aromatic carbocycles. The number of aliphatic hydroxyl groups is 4. The smallest absolute Gasteiger partial charge is 0.229 e. The maximum absolute atomic E-state index is 14.0. The Morgan fingerprint density at radius 2 is 1.74 bits per heavy atom. The Labute approximate surface area is 241 Å². The summed E-state index contributed by atoms with van der Waals surface area (Å²) in [5, 5.41) is 54.5. The lowest BCUT2D eigenvalue weighted by molar-refractivity contribution is -0.277. The molecule has 0 aromatic heterocycles. The fourth-order valence-corrected chi connectivity index (χ4v) is 5.55. The molecule has 1 saturated heterocycles. The van der Waals surface area contributed by atoms with E-state index in [9.17, 15) is 35.1 Å². The largest absolute Gasteiger partial charge is 0.507 e. The van der Waals surface area contributed by atoms with E-state index in [0.29, 0.717) is 30.4 Å². The number of dihydropyridines is 1. The molecule has 42 heavy (non-hydrogen) atoms. The summed E-state index contributed by atoms with van der Waals surface area (Å²) in [6, 6.07) is 4.41. The molecule has 6 unspecified atom stereocenters. The lowest BCUT2D eigenvalue weighted by atomic mass is 9.79. The van der Waals surface area contributed by atoms with Crippen LogP contribution < -0.4 is 20.5 Å². The number of fused-ring (bicyclic) bond motifs is 2. The molecule has 0 amide bonds. The van der Waals surface area contributed by atoms with Crippen molar-refractivity contribution in [3.63, 3.8) is 0 Å². The number of benzene rings is 2. The van der Waals surface area contributed by atoms with Gasteiger partial charge in [0, 0.05) is 29.0 Å². The zero-order valence-corrected chi connectivity index (χ0v) is 23.1. The second-order valence-corrected chi connectivity index (χ2v) is 10.4. The van der Waals surface area contributed by atoms with Crippen LogP contribution in [-0.2, 0) is 17.6 Å². The molecule has 2 heterocycles. The van der Waals surface area contributed by atoms with Crippen LogP contribution in [0.1, 0.15) is 56.3 Å². The number of hydrogen-bond donors (Lipinski definition) is 7. The molecule has 224 valence electrons. The van der Waals surface area contributed by atoms with Crippen LogP contribution in [0, 0.1) is 0 Å². The van der Waals surface area contributed by atoms with E-state index in [0.717, 1.165) is 5.57 Å². The Bertz CT molecular complexity index is 1470. The minimum absolute atomic E-state index is 0.0293. The second kappa shape index (κ2) is 11.8. The van der Waals surface area contributed by atoms with E-state index in [-0.39, 0.29) is 45.7 Å². The van der Waals surface area contributed by atoms with Crippen molar-refractivity contribution >= 4 is 11.6 Å². The Morgan fingerprint density at radius 1 is 0.976 bits per heavy atom. The van der Waals surface area contributed by atoms with E-state index in [1.807, 2.05) is 18.4 Å².